The van der Waals surface area contributed by atoms with Crippen LogP contribution in [-0.2, 0) is 0 Å². The van der Waals surface area contributed by atoms with Crippen LogP contribution in [0.5, 0.6) is 0 Å². The third-order valence-corrected chi connectivity index (χ3v) is 12.6. The minimum absolute atomic E-state index is 0.152. The van der Waals surface area contributed by atoms with Crippen LogP contribution in [0.3, 0.4) is 0 Å². The molecular formula is C54H35N3O. The highest BCUT2D eigenvalue weighted by Crippen LogP contribution is 2.44. The molecule has 4 heteroatoms. The van der Waals surface area contributed by atoms with E-state index in [1.165, 1.54) is 77.0 Å². The molecular weight excluding hydrogens is 707 g/mol. The van der Waals surface area contributed by atoms with Gasteiger partial charge >= 0.3 is 0 Å². The summed E-state index contributed by atoms with van der Waals surface area (Å²) < 4.78 is 13.9. The van der Waals surface area contributed by atoms with E-state index >= 15 is 0 Å². The molecule has 4 heterocycles. The molecule has 8 aromatic carbocycles. The van der Waals surface area contributed by atoms with Gasteiger partial charge in [-0.25, -0.2) is 0 Å². The summed E-state index contributed by atoms with van der Waals surface area (Å²) in [5.41, 5.74) is 15.2. The lowest BCUT2D eigenvalue weighted by Crippen LogP contribution is -2.11. The number of hydrogen-bond donors (Lipinski definition) is 0. The maximum absolute atomic E-state index is 6.54. The average Bonchev–Trinajstić information content (AvgIpc) is 4.02. The smallest absolute Gasteiger partial charge is 0.135 e. The Morgan fingerprint density at radius 3 is 1.36 bits per heavy atom. The maximum atomic E-state index is 6.54. The zero-order valence-electron chi connectivity index (χ0n) is 31.5. The molecule has 1 aliphatic rings. The number of fused-ring (bicyclic) bond motifs is 12. The molecule has 0 spiro atoms. The second kappa shape index (κ2) is 12.0. The van der Waals surface area contributed by atoms with Crippen LogP contribution < -0.4 is 0 Å². The standard InChI is InChI=1S/C54H35N3O/c1-6-22-47-39(15-1)40-16-2-7-23-48(40)55(47)35-14-11-13-34(31-35)38-20-12-21-44-43-19-5-10-26-51(43)57(54(38)44)37-28-30-53-46(33-37)45-32-36(27-29-52(45)58-53)56-49-24-8-3-17-41(49)42-18-4-9-25-50(42)56/h1-19,21-33,38H,20H2. The van der Waals surface area contributed by atoms with Gasteiger partial charge in [-0.3, -0.25) is 0 Å². The highest BCUT2D eigenvalue weighted by atomic mass is 16.3. The summed E-state index contributed by atoms with van der Waals surface area (Å²) in [6.07, 6.45) is 5.62. The summed E-state index contributed by atoms with van der Waals surface area (Å²) in [7, 11) is 0. The molecule has 0 N–H and O–H groups in total. The molecule has 58 heavy (non-hydrogen) atoms. The van der Waals surface area contributed by atoms with Crippen molar-refractivity contribution in [2.45, 2.75) is 12.3 Å². The predicted molar refractivity (Wildman–Crippen MR) is 241 cm³/mol. The maximum Gasteiger partial charge on any atom is 0.135 e. The third-order valence-electron chi connectivity index (χ3n) is 12.6. The van der Waals surface area contributed by atoms with E-state index < -0.39 is 0 Å². The molecule has 4 nitrogen and oxygen atoms in total. The van der Waals surface area contributed by atoms with Crippen LogP contribution in [0.2, 0.25) is 0 Å². The molecule has 12 aromatic rings. The molecule has 0 bridgehead atoms. The first-order valence-electron chi connectivity index (χ1n) is 20.1. The van der Waals surface area contributed by atoms with Crippen LogP contribution in [0.1, 0.15) is 29.2 Å². The number of rotatable bonds is 4. The van der Waals surface area contributed by atoms with Gasteiger partial charge in [0.05, 0.1) is 27.6 Å². The predicted octanol–water partition coefficient (Wildman–Crippen LogP) is 14.3. The van der Waals surface area contributed by atoms with Crippen LogP contribution in [-0.4, -0.2) is 13.7 Å². The first-order chi connectivity index (χ1) is 28.8. The monoisotopic (exact) mass is 741 g/mol. The van der Waals surface area contributed by atoms with Gasteiger partial charge in [-0.1, -0.05) is 115 Å². The second-order valence-corrected chi connectivity index (χ2v) is 15.6. The zero-order chi connectivity index (χ0) is 37.9. The van der Waals surface area contributed by atoms with E-state index in [-0.39, 0.29) is 5.92 Å². The minimum Gasteiger partial charge on any atom is -0.456 e. The molecule has 0 fully saturated rings. The van der Waals surface area contributed by atoms with Gasteiger partial charge < -0.3 is 18.1 Å². The Balaban J connectivity index is 1.00. The van der Waals surface area contributed by atoms with E-state index in [2.05, 4.69) is 208 Å². The number of benzene rings is 8. The summed E-state index contributed by atoms with van der Waals surface area (Å²) in [5, 5.41) is 8.54. The van der Waals surface area contributed by atoms with Gasteiger partial charge in [0.15, 0.2) is 0 Å². The number of allylic oxidation sites excluding steroid dienone is 1. The molecule has 4 aromatic heterocycles. The molecule has 0 saturated carbocycles. The van der Waals surface area contributed by atoms with Crippen molar-refractivity contribution in [3.8, 4) is 17.1 Å². The van der Waals surface area contributed by atoms with Crippen LogP contribution in [0.25, 0.3) is 99.6 Å². The van der Waals surface area contributed by atoms with Crippen molar-refractivity contribution in [1.82, 2.24) is 13.7 Å². The summed E-state index contributed by atoms with van der Waals surface area (Å²) in [6.45, 7) is 0. The van der Waals surface area contributed by atoms with Gasteiger partial charge in [-0.2, -0.15) is 0 Å². The van der Waals surface area contributed by atoms with E-state index in [0.717, 1.165) is 39.7 Å². The largest absolute Gasteiger partial charge is 0.456 e. The van der Waals surface area contributed by atoms with Crippen LogP contribution in [0.4, 0.5) is 0 Å². The minimum atomic E-state index is 0.152. The van der Waals surface area contributed by atoms with E-state index in [0.29, 0.717) is 0 Å². The fourth-order valence-corrected chi connectivity index (χ4v) is 10.1. The van der Waals surface area contributed by atoms with Crippen molar-refractivity contribution in [3.63, 3.8) is 0 Å². The lowest BCUT2D eigenvalue weighted by atomic mass is 9.85. The first-order valence-corrected chi connectivity index (χ1v) is 20.1. The van der Waals surface area contributed by atoms with Crippen molar-refractivity contribution >= 4 is 82.5 Å². The topological polar surface area (TPSA) is 27.9 Å². The number of aromatic nitrogens is 3. The molecule has 1 unspecified atom stereocenters. The van der Waals surface area contributed by atoms with E-state index in [1.807, 2.05) is 0 Å². The Kier molecular flexibility index (Phi) is 6.53. The Labute approximate surface area is 333 Å². The number of para-hydroxylation sites is 5. The summed E-state index contributed by atoms with van der Waals surface area (Å²) in [5.74, 6) is 0.152. The Hall–Kier alpha value is -7.56. The normalized spacial score (nSPS) is 14.2. The van der Waals surface area contributed by atoms with Gasteiger partial charge in [0, 0.05) is 71.9 Å². The quantitative estimate of drug-likeness (QED) is 0.176. The van der Waals surface area contributed by atoms with Gasteiger partial charge in [0.1, 0.15) is 11.2 Å². The summed E-state index contributed by atoms with van der Waals surface area (Å²) >= 11 is 0. The molecule has 0 amide bonds. The van der Waals surface area contributed by atoms with Crippen LogP contribution in [0, 0.1) is 0 Å². The number of furan rings is 1. The zero-order valence-corrected chi connectivity index (χ0v) is 31.5. The number of hydrogen-bond acceptors (Lipinski definition) is 1. The first kappa shape index (κ1) is 31.6. The lowest BCUT2D eigenvalue weighted by molar-refractivity contribution is 0.668. The third kappa shape index (κ3) is 4.40. The van der Waals surface area contributed by atoms with Gasteiger partial charge in [-0.15, -0.1) is 0 Å². The van der Waals surface area contributed by atoms with Crippen molar-refractivity contribution in [2.24, 2.45) is 0 Å². The van der Waals surface area contributed by atoms with Crippen molar-refractivity contribution in [3.05, 3.63) is 205 Å². The molecule has 1 aliphatic carbocycles. The molecule has 0 aliphatic heterocycles. The summed E-state index contributed by atoms with van der Waals surface area (Å²) in [6, 6.07) is 66.3. The van der Waals surface area contributed by atoms with Crippen molar-refractivity contribution < 1.29 is 4.42 Å². The van der Waals surface area contributed by atoms with Crippen LogP contribution in [0.15, 0.2) is 192 Å². The van der Waals surface area contributed by atoms with E-state index in [4.69, 9.17) is 4.42 Å². The Morgan fingerprint density at radius 1 is 0.379 bits per heavy atom. The molecule has 13 rings (SSSR count). The lowest BCUT2D eigenvalue weighted by Gasteiger charge is -2.24. The van der Waals surface area contributed by atoms with E-state index in [9.17, 15) is 0 Å². The SMILES string of the molecule is C1=Cc2c(n(-c3ccc4oc5ccc(-n6c7ccccc7c7ccccc76)cc5c4c3)c3ccccc23)C(c2cccc(-n3c4ccccc4c4ccccc43)c2)C1. The molecule has 0 radical (unpaired) electrons. The van der Waals surface area contributed by atoms with E-state index in [1.54, 1.807) is 0 Å². The fraction of sp³-hybridized carbons (Fsp3) is 0.0370. The van der Waals surface area contributed by atoms with Crippen molar-refractivity contribution in [2.75, 3.05) is 0 Å². The van der Waals surface area contributed by atoms with Gasteiger partial charge in [-0.05, 0) is 90.8 Å². The fourth-order valence-electron chi connectivity index (χ4n) is 10.1. The molecule has 0 saturated heterocycles. The molecule has 1 atom stereocenters. The average molecular weight is 742 g/mol. The molecule has 272 valence electrons. The highest BCUT2D eigenvalue weighted by molar-refractivity contribution is 6.11. The van der Waals surface area contributed by atoms with Crippen molar-refractivity contribution in [1.29, 1.82) is 0 Å². The summed E-state index contributed by atoms with van der Waals surface area (Å²) in [4.78, 5) is 0. The Morgan fingerprint density at radius 2 is 0.828 bits per heavy atom. The second-order valence-electron chi connectivity index (χ2n) is 15.6. The van der Waals surface area contributed by atoms with Gasteiger partial charge in [0.2, 0.25) is 0 Å². The number of nitrogens with zero attached hydrogens (tertiary/aromatic N) is 3. The van der Waals surface area contributed by atoms with Crippen LogP contribution >= 0.6 is 0 Å². The van der Waals surface area contributed by atoms with Gasteiger partial charge in [0.25, 0.3) is 0 Å². The Bertz CT molecular complexity index is 3570. The highest BCUT2D eigenvalue weighted by Gasteiger charge is 2.28.